The van der Waals surface area contributed by atoms with Crippen LogP contribution in [0.25, 0.3) is 0 Å². The molecule has 3 unspecified atom stereocenters. The molecule has 1 aromatic carbocycles. The van der Waals surface area contributed by atoms with Crippen molar-refractivity contribution in [3.05, 3.63) is 35.4 Å². The lowest BCUT2D eigenvalue weighted by Crippen LogP contribution is -2.59. The normalized spacial score (nSPS) is 38.5. The smallest absolute Gasteiger partial charge is 0.228 e. The Labute approximate surface area is 176 Å². The summed E-state index contributed by atoms with van der Waals surface area (Å²) in [5.41, 5.74) is 3.04. The topological polar surface area (TPSA) is 32.3 Å². The van der Waals surface area contributed by atoms with Crippen molar-refractivity contribution in [2.24, 2.45) is 23.2 Å². The molecule has 154 valence electrons. The highest BCUT2D eigenvalue weighted by Crippen LogP contribution is 2.66. The number of benzene rings is 1. The van der Waals surface area contributed by atoms with Gasteiger partial charge in [-0.25, -0.2) is 0 Å². The van der Waals surface area contributed by atoms with E-state index in [0.717, 1.165) is 50.7 Å². The highest BCUT2D eigenvalue weighted by atomic mass is 35.5. The first kappa shape index (κ1) is 20.2. The second-order valence-electron chi connectivity index (χ2n) is 10.4. The van der Waals surface area contributed by atoms with E-state index in [1.165, 1.54) is 36.8 Å². The van der Waals surface area contributed by atoms with Gasteiger partial charge < -0.3 is 10.2 Å². The highest BCUT2D eigenvalue weighted by molar-refractivity contribution is 5.85. The van der Waals surface area contributed by atoms with Crippen LogP contribution < -0.4 is 5.32 Å². The number of hydrogen-bond acceptors (Lipinski definition) is 2. The van der Waals surface area contributed by atoms with Crippen molar-refractivity contribution < 1.29 is 4.79 Å². The van der Waals surface area contributed by atoms with Crippen LogP contribution >= 0.6 is 12.4 Å². The lowest BCUT2D eigenvalue weighted by Gasteiger charge is -2.62. The summed E-state index contributed by atoms with van der Waals surface area (Å²) in [4.78, 5) is 16.0. The lowest BCUT2D eigenvalue weighted by atomic mass is 9.42. The van der Waals surface area contributed by atoms with Crippen LogP contribution in [0.15, 0.2) is 24.3 Å². The van der Waals surface area contributed by atoms with Crippen LogP contribution in [0.4, 0.5) is 0 Å². The van der Waals surface area contributed by atoms with Crippen LogP contribution in [-0.2, 0) is 10.2 Å². The van der Waals surface area contributed by atoms with E-state index in [4.69, 9.17) is 0 Å². The van der Waals surface area contributed by atoms with Crippen LogP contribution in [0.1, 0.15) is 56.1 Å². The summed E-state index contributed by atoms with van der Waals surface area (Å²) in [6.07, 6.45) is 8.56. The van der Waals surface area contributed by atoms with E-state index in [2.05, 4.69) is 41.4 Å². The van der Waals surface area contributed by atoms with Gasteiger partial charge in [0, 0.05) is 13.1 Å². The third-order valence-electron chi connectivity index (χ3n) is 8.24. The third-order valence-corrected chi connectivity index (χ3v) is 8.24. The van der Waals surface area contributed by atoms with Gasteiger partial charge in [-0.3, -0.25) is 4.79 Å². The predicted octanol–water partition coefficient (Wildman–Crippen LogP) is 4.32. The molecule has 1 aliphatic heterocycles. The third kappa shape index (κ3) is 3.19. The first-order valence-corrected chi connectivity index (χ1v) is 11.0. The zero-order valence-electron chi connectivity index (χ0n) is 17.4. The number of carbonyl (C=O) groups excluding carboxylic acids is 1. The van der Waals surface area contributed by atoms with Crippen molar-refractivity contribution in [3.63, 3.8) is 0 Å². The van der Waals surface area contributed by atoms with Crippen molar-refractivity contribution in [1.29, 1.82) is 0 Å². The first-order chi connectivity index (χ1) is 13.0. The molecular formula is C24H35ClN2O. The molecule has 0 aromatic heterocycles. The summed E-state index contributed by atoms with van der Waals surface area (Å²) in [5.74, 6) is 2.66. The molecule has 1 N–H and O–H groups in total. The summed E-state index contributed by atoms with van der Waals surface area (Å²) >= 11 is 0. The van der Waals surface area contributed by atoms with Crippen LogP contribution in [0.5, 0.6) is 0 Å². The molecule has 1 saturated heterocycles. The maximum absolute atomic E-state index is 13.8. The number of rotatable bonds is 4. The van der Waals surface area contributed by atoms with E-state index in [-0.39, 0.29) is 23.2 Å². The zero-order chi connectivity index (χ0) is 18.6. The average molecular weight is 403 g/mol. The average Bonchev–Trinajstić information content (AvgIpc) is 3.09. The molecule has 28 heavy (non-hydrogen) atoms. The van der Waals surface area contributed by atoms with Crippen LogP contribution in [0.3, 0.4) is 0 Å². The van der Waals surface area contributed by atoms with E-state index in [9.17, 15) is 4.79 Å². The molecule has 0 spiro atoms. The molecule has 3 atom stereocenters. The fourth-order valence-electron chi connectivity index (χ4n) is 7.57. The Morgan fingerprint density at radius 3 is 2.46 bits per heavy atom. The standard InChI is InChI=1S/C24H34N2O.ClH/c1-17-3-5-21(6-4-17)23-10-19-9-20(11-23)13-24(12-19,16-23)22(27)26-8-7-18(15-26)14-25-2;/h3-6,18-20,25H,7-16H2,1-2H3;1H. The van der Waals surface area contributed by atoms with Crippen molar-refractivity contribution in [1.82, 2.24) is 10.2 Å². The van der Waals surface area contributed by atoms with Crippen LogP contribution in [0, 0.1) is 30.1 Å². The minimum absolute atomic E-state index is 0. The minimum Gasteiger partial charge on any atom is -0.342 e. The van der Waals surface area contributed by atoms with E-state index >= 15 is 0 Å². The Bertz CT molecular complexity index is 717. The summed E-state index contributed by atoms with van der Waals surface area (Å²) in [7, 11) is 2.02. The number of likely N-dealkylation sites (tertiary alicyclic amines) is 1. The molecule has 1 amide bonds. The predicted molar refractivity (Wildman–Crippen MR) is 116 cm³/mol. The second-order valence-corrected chi connectivity index (χ2v) is 10.4. The van der Waals surface area contributed by atoms with E-state index < -0.39 is 0 Å². The zero-order valence-corrected chi connectivity index (χ0v) is 18.2. The van der Waals surface area contributed by atoms with Gasteiger partial charge in [0.2, 0.25) is 5.91 Å². The number of aryl methyl sites for hydroxylation is 1. The van der Waals surface area contributed by atoms with Gasteiger partial charge in [0.1, 0.15) is 0 Å². The van der Waals surface area contributed by atoms with Crippen LogP contribution in [-0.4, -0.2) is 37.5 Å². The molecule has 5 aliphatic rings. The fraction of sp³-hybridized carbons (Fsp3) is 0.708. The SMILES string of the molecule is CNCC1CCN(C(=O)C23CC4CC(C2)CC(c2ccc(C)cc2)(C4)C3)C1.Cl. The maximum atomic E-state index is 13.8. The molecule has 6 rings (SSSR count). The van der Waals surface area contributed by atoms with E-state index in [1.807, 2.05) is 7.05 Å². The number of hydrogen-bond donors (Lipinski definition) is 1. The number of amides is 1. The highest BCUT2D eigenvalue weighted by Gasteiger charge is 2.61. The van der Waals surface area contributed by atoms with Gasteiger partial charge in [0.05, 0.1) is 5.41 Å². The van der Waals surface area contributed by atoms with Crippen molar-refractivity contribution >= 4 is 18.3 Å². The largest absolute Gasteiger partial charge is 0.342 e. The quantitative estimate of drug-likeness (QED) is 0.813. The molecule has 4 aliphatic carbocycles. The summed E-state index contributed by atoms with van der Waals surface area (Å²) in [6.45, 7) is 5.15. The second kappa shape index (κ2) is 7.32. The Balaban J connectivity index is 0.00000192. The van der Waals surface area contributed by atoms with Gasteiger partial charge in [-0.1, -0.05) is 29.8 Å². The summed E-state index contributed by atoms with van der Waals surface area (Å²) in [5, 5.41) is 3.30. The molecule has 0 radical (unpaired) electrons. The molecule has 3 nitrogen and oxygen atoms in total. The van der Waals surface area contributed by atoms with Gasteiger partial charge in [-0.2, -0.15) is 0 Å². The van der Waals surface area contributed by atoms with Gasteiger partial charge >= 0.3 is 0 Å². The monoisotopic (exact) mass is 402 g/mol. The van der Waals surface area contributed by atoms with E-state index in [0.29, 0.717) is 11.8 Å². The number of carbonyl (C=O) groups is 1. The van der Waals surface area contributed by atoms with Gasteiger partial charge in [0.15, 0.2) is 0 Å². The Morgan fingerprint density at radius 2 is 1.82 bits per heavy atom. The lowest BCUT2D eigenvalue weighted by molar-refractivity contribution is -0.159. The van der Waals surface area contributed by atoms with Crippen LogP contribution in [0.2, 0.25) is 0 Å². The number of halogens is 1. The first-order valence-electron chi connectivity index (χ1n) is 11.0. The minimum atomic E-state index is -0.0660. The molecular weight excluding hydrogens is 368 g/mol. The molecule has 4 heteroatoms. The Kier molecular flexibility index (Phi) is 5.29. The van der Waals surface area contributed by atoms with E-state index in [1.54, 1.807) is 0 Å². The van der Waals surface area contributed by atoms with Gasteiger partial charge in [-0.15, -0.1) is 12.4 Å². The number of nitrogens with one attached hydrogen (secondary N) is 1. The maximum Gasteiger partial charge on any atom is 0.228 e. The van der Waals surface area contributed by atoms with Crippen molar-refractivity contribution in [3.8, 4) is 0 Å². The van der Waals surface area contributed by atoms with Gasteiger partial charge in [-0.05, 0) is 94.2 Å². The molecule has 5 fully saturated rings. The summed E-state index contributed by atoms with van der Waals surface area (Å²) < 4.78 is 0. The molecule has 4 bridgehead atoms. The number of nitrogens with zero attached hydrogens (tertiary/aromatic N) is 1. The Morgan fingerprint density at radius 1 is 1.14 bits per heavy atom. The Hall–Kier alpha value is -1.06. The molecule has 1 aromatic rings. The van der Waals surface area contributed by atoms with Crippen molar-refractivity contribution in [2.75, 3.05) is 26.7 Å². The van der Waals surface area contributed by atoms with Crippen molar-refractivity contribution in [2.45, 2.75) is 57.3 Å². The summed E-state index contributed by atoms with van der Waals surface area (Å²) in [6, 6.07) is 9.26. The fourth-order valence-corrected chi connectivity index (χ4v) is 7.57. The molecule has 1 heterocycles. The van der Waals surface area contributed by atoms with Gasteiger partial charge in [0.25, 0.3) is 0 Å². The molecule has 4 saturated carbocycles.